The zero-order valence-corrected chi connectivity index (χ0v) is 14.9. The summed E-state index contributed by atoms with van der Waals surface area (Å²) in [6, 6.07) is 3.63. The summed E-state index contributed by atoms with van der Waals surface area (Å²) in [5.74, 6) is 1.88. The molecule has 7 heteroatoms. The van der Waals surface area contributed by atoms with Gasteiger partial charge in [0.15, 0.2) is 5.76 Å². The summed E-state index contributed by atoms with van der Waals surface area (Å²) in [6.45, 7) is 3.84. The Bertz CT molecular complexity index is 636. The monoisotopic (exact) mass is 336 g/mol. The van der Waals surface area contributed by atoms with Gasteiger partial charge in [-0.1, -0.05) is 0 Å². The summed E-state index contributed by atoms with van der Waals surface area (Å²) in [4.78, 5) is 24.0. The Labute approximate surface area is 141 Å². The summed E-state index contributed by atoms with van der Waals surface area (Å²) >= 11 is 1.67. The van der Waals surface area contributed by atoms with Crippen LogP contribution >= 0.6 is 11.8 Å². The smallest absolute Gasteiger partial charge is 0.289 e. The van der Waals surface area contributed by atoms with Crippen LogP contribution < -0.4 is 0 Å². The number of thioether (sulfide) groups is 1. The van der Waals surface area contributed by atoms with E-state index in [1.54, 1.807) is 29.1 Å². The lowest BCUT2D eigenvalue weighted by Gasteiger charge is -2.23. The lowest BCUT2D eigenvalue weighted by Crippen LogP contribution is -2.36. The van der Waals surface area contributed by atoms with Crippen molar-refractivity contribution in [2.24, 2.45) is 0 Å². The molecule has 0 bridgehead atoms. The minimum absolute atomic E-state index is 0.0957. The first-order valence-corrected chi connectivity index (χ1v) is 8.91. The number of aryl methyl sites for hydroxylation is 1. The largest absolute Gasteiger partial charge is 0.455 e. The van der Waals surface area contributed by atoms with Crippen LogP contribution in [0.5, 0.6) is 0 Å². The molecule has 2 aromatic heterocycles. The fraction of sp³-hybridized carbons (Fsp3) is 0.500. The molecular weight excluding hydrogens is 312 g/mol. The van der Waals surface area contributed by atoms with E-state index in [0.717, 1.165) is 29.4 Å². The fourth-order valence-electron chi connectivity index (χ4n) is 2.17. The Morgan fingerprint density at radius 3 is 2.74 bits per heavy atom. The molecule has 0 aliphatic carbocycles. The second kappa shape index (κ2) is 8.21. The van der Waals surface area contributed by atoms with Crippen molar-refractivity contribution < 1.29 is 9.21 Å². The van der Waals surface area contributed by atoms with Crippen LogP contribution in [0, 0.1) is 6.92 Å². The Morgan fingerprint density at radius 2 is 2.13 bits per heavy atom. The van der Waals surface area contributed by atoms with Gasteiger partial charge < -0.3 is 19.2 Å². The third-order valence-corrected chi connectivity index (χ3v) is 4.11. The van der Waals surface area contributed by atoms with Crippen molar-refractivity contribution in [3.63, 3.8) is 0 Å². The van der Waals surface area contributed by atoms with Gasteiger partial charge in [-0.3, -0.25) is 4.79 Å². The van der Waals surface area contributed by atoms with Crippen LogP contribution in [0.2, 0.25) is 0 Å². The van der Waals surface area contributed by atoms with Gasteiger partial charge in [-0.25, -0.2) is 4.98 Å². The van der Waals surface area contributed by atoms with Gasteiger partial charge >= 0.3 is 0 Å². The average molecular weight is 336 g/mol. The maximum atomic E-state index is 12.8. The quantitative estimate of drug-likeness (QED) is 0.802. The molecule has 0 atom stereocenters. The zero-order valence-electron chi connectivity index (χ0n) is 14.1. The van der Waals surface area contributed by atoms with E-state index in [-0.39, 0.29) is 5.91 Å². The molecule has 0 fully saturated rings. The number of aromatic amines is 1. The highest BCUT2D eigenvalue weighted by atomic mass is 32.2. The lowest BCUT2D eigenvalue weighted by atomic mass is 10.3. The number of H-pyrrole nitrogens is 1. The zero-order chi connectivity index (χ0) is 16.8. The summed E-state index contributed by atoms with van der Waals surface area (Å²) in [7, 11) is 3.98. The van der Waals surface area contributed by atoms with Crippen molar-refractivity contribution in [2.45, 2.75) is 19.2 Å². The number of hydrogen-bond donors (Lipinski definition) is 1. The highest BCUT2D eigenvalue weighted by Gasteiger charge is 2.21. The van der Waals surface area contributed by atoms with E-state index in [4.69, 9.17) is 4.42 Å². The number of amides is 1. The highest BCUT2D eigenvalue weighted by molar-refractivity contribution is 7.97. The van der Waals surface area contributed by atoms with Crippen LogP contribution in [-0.4, -0.2) is 59.1 Å². The first-order valence-electron chi connectivity index (χ1n) is 7.51. The summed E-state index contributed by atoms with van der Waals surface area (Å²) < 4.78 is 5.67. The number of carbonyl (C=O) groups excluding carboxylic acids is 1. The van der Waals surface area contributed by atoms with Crippen LogP contribution in [0.15, 0.2) is 22.9 Å². The van der Waals surface area contributed by atoms with Crippen molar-refractivity contribution in [1.82, 2.24) is 19.8 Å². The Hall–Kier alpha value is -1.73. The van der Waals surface area contributed by atoms with E-state index in [0.29, 0.717) is 18.8 Å². The number of imidazole rings is 1. The van der Waals surface area contributed by atoms with Crippen molar-refractivity contribution in [1.29, 1.82) is 0 Å². The van der Waals surface area contributed by atoms with Crippen LogP contribution in [0.3, 0.4) is 0 Å². The molecular formula is C16H24N4O2S. The molecule has 6 nitrogen and oxygen atoms in total. The number of hydrogen-bond acceptors (Lipinski definition) is 5. The topological polar surface area (TPSA) is 65.4 Å². The van der Waals surface area contributed by atoms with Gasteiger partial charge in [0.1, 0.15) is 5.76 Å². The van der Waals surface area contributed by atoms with Crippen LogP contribution in [0.1, 0.15) is 27.7 Å². The maximum Gasteiger partial charge on any atom is 0.289 e. The number of furan rings is 1. The van der Waals surface area contributed by atoms with Crippen LogP contribution in [0.25, 0.3) is 0 Å². The van der Waals surface area contributed by atoms with E-state index in [2.05, 4.69) is 14.9 Å². The molecule has 0 saturated heterocycles. The molecule has 23 heavy (non-hydrogen) atoms. The van der Waals surface area contributed by atoms with E-state index < -0.39 is 0 Å². The second-order valence-corrected chi connectivity index (χ2v) is 6.57. The summed E-state index contributed by atoms with van der Waals surface area (Å²) in [5, 5.41) is 0. The van der Waals surface area contributed by atoms with E-state index in [1.165, 1.54) is 0 Å². The predicted octanol–water partition coefficient (Wildman–Crippen LogP) is 2.38. The molecule has 2 rings (SSSR count). The van der Waals surface area contributed by atoms with Crippen molar-refractivity contribution in [3.05, 3.63) is 41.4 Å². The molecule has 0 unspecified atom stereocenters. The van der Waals surface area contributed by atoms with Gasteiger partial charge in [0.2, 0.25) is 0 Å². The third-order valence-electron chi connectivity index (χ3n) is 3.54. The minimum Gasteiger partial charge on any atom is -0.455 e. The fourth-order valence-corrected chi connectivity index (χ4v) is 2.61. The molecule has 1 N–H and O–H groups in total. The molecule has 1 amide bonds. The lowest BCUT2D eigenvalue weighted by molar-refractivity contribution is 0.0696. The molecule has 2 aromatic rings. The third kappa shape index (κ3) is 4.87. The number of nitrogens with zero attached hydrogens (tertiary/aromatic N) is 3. The van der Waals surface area contributed by atoms with E-state index >= 15 is 0 Å². The van der Waals surface area contributed by atoms with Crippen molar-refractivity contribution >= 4 is 17.7 Å². The van der Waals surface area contributed by atoms with Crippen molar-refractivity contribution in [3.8, 4) is 0 Å². The Balaban J connectivity index is 2.13. The molecule has 0 radical (unpaired) electrons. The number of likely N-dealkylation sites (N-methyl/N-ethyl adjacent to an activating group) is 1. The van der Waals surface area contributed by atoms with Gasteiger partial charge in [-0.05, 0) is 39.4 Å². The van der Waals surface area contributed by atoms with E-state index in [1.807, 2.05) is 33.3 Å². The molecule has 126 valence electrons. The van der Waals surface area contributed by atoms with Crippen LogP contribution in [-0.2, 0) is 12.3 Å². The van der Waals surface area contributed by atoms with Gasteiger partial charge in [0, 0.05) is 18.8 Å². The average Bonchev–Trinajstić information content (AvgIpc) is 3.12. The number of rotatable bonds is 8. The maximum absolute atomic E-state index is 12.8. The van der Waals surface area contributed by atoms with Crippen LogP contribution in [0.4, 0.5) is 0 Å². The van der Waals surface area contributed by atoms with Gasteiger partial charge in [-0.2, -0.15) is 11.8 Å². The summed E-state index contributed by atoms with van der Waals surface area (Å²) in [6.07, 6.45) is 3.66. The highest BCUT2D eigenvalue weighted by Crippen LogP contribution is 2.16. The predicted molar refractivity (Wildman–Crippen MR) is 92.5 cm³/mol. The molecule has 0 saturated carbocycles. The summed E-state index contributed by atoms with van der Waals surface area (Å²) in [5.41, 5.74) is 1.86. The number of carbonyl (C=O) groups is 1. The normalized spacial score (nSPS) is 11.2. The molecule has 0 aromatic carbocycles. The molecule has 2 heterocycles. The minimum atomic E-state index is -0.0957. The first-order chi connectivity index (χ1) is 11.0. The van der Waals surface area contributed by atoms with Crippen molar-refractivity contribution in [2.75, 3.05) is 33.4 Å². The number of nitrogens with one attached hydrogen (secondary N) is 1. The first kappa shape index (κ1) is 17.6. The standard InChI is InChI=1S/C16H24N4O2S/c1-12-14(18-11-17-12)9-20(8-7-19(2)3)16(21)15-6-5-13(22-15)10-23-4/h5-6,11H,7-10H2,1-4H3,(H,17,18). The Kier molecular flexibility index (Phi) is 6.29. The van der Waals surface area contributed by atoms with Gasteiger partial charge in [0.25, 0.3) is 5.91 Å². The second-order valence-electron chi connectivity index (χ2n) is 5.70. The number of aromatic nitrogens is 2. The molecule has 0 aliphatic heterocycles. The SMILES string of the molecule is CSCc1ccc(C(=O)N(CCN(C)C)Cc2nc[nH]c2C)o1. The molecule has 0 spiro atoms. The van der Waals surface area contributed by atoms with Gasteiger partial charge in [-0.15, -0.1) is 0 Å². The van der Waals surface area contributed by atoms with E-state index in [9.17, 15) is 4.79 Å². The van der Waals surface area contributed by atoms with Gasteiger partial charge in [0.05, 0.1) is 24.3 Å². The molecule has 0 aliphatic rings. The Morgan fingerprint density at radius 1 is 1.35 bits per heavy atom.